The summed E-state index contributed by atoms with van der Waals surface area (Å²) in [5.74, 6) is 0.290. The van der Waals surface area contributed by atoms with Crippen molar-refractivity contribution in [2.75, 3.05) is 37.5 Å². The maximum Gasteiger partial charge on any atom is 0.177 e. The third-order valence-corrected chi connectivity index (χ3v) is 6.38. The zero-order valence-electron chi connectivity index (χ0n) is 15.7. The molecule has 2 fully saturated rings. The van der Waals surface area contributed by atoms with Gasteiger partial charge in [-0.2, -0.15) is 0 Å². The van der Waals surface area contributed by atoms with E-state index in [1.54, 1.807) is 0 Å². The largest absolute Gasteiger partial charge is 0.384 e. The van der Waals surface area contributed by atoms with Crippen LogP contribution in [-0.4, -0.2) is 53.2 Å². The molecule has 6 nitrogen and oxygen atoms in total. The highest BCUT2D eigenvalue weighted by molar-refractivity contribution is 7.90. The molecule has 0 aromatic heterocycles. The molecule has 3 aliphatic rings. The van der Waals surface area contributed by atoms with Crippen LogP contribution in [0.15, 0.2) is 40.0 Å². The summed E-state index contributed by atoms with van der Waals surface area (Å²) in [5, 5.41) is 3.53. The highest BCUT2D eigenvalue weighted by Gasteiger charge is 2.25. The highest BCUT2D eigenvalue weighted by Crippen LogP contribution is 2.30. The number of benzene rings is 1. The molecule has 0 spiro atoms. The maximum atomic E-state index is 12.4. The van der Waals surface area contributed by atoms with E-state index in [0.29, 0.717) is 24.2 Å². The van der Waals surface area contributed by atoms with Crippen LogP contribution in [0.2, 0.25) is 0 Å². The highest BCUT2D eigenvalue weighted by atomic mass is 32.2. The average molecular weight is 390 g/mol. The first-order chi connectivity index (χ1) is 13.0. The van der Waals surface area contributed by atoms with E-state index < -0.39 is 9.84 Å². The van der Waals surface area contributed by atoms with Gasteiger partial charge in [-0.25, -0.2) is 8.42 Å². The van der Waals surface area contributed by atoms with Gasteiger partial charge in [0.15, 0.2) is 9.84 Å². The fourth-order valence-electron chi connectivity index (χ4n) is 3.70. The van der Waals surface area contributed by atoms with Gasteiger partial charge < -0.3 is 15.0 Å². The van der Waals surface area contributed by atoms with Crippen molar-refractivity contribution in [1.82, 2.24) is 5.32 Å². The summed E-state index contributed by atoms with van der Waals surface area (Å²) in [5.41, 5.74) is 3.02. The minimum absolute atomic E-state index is 0.290. The zero-order valence-corrected chi connectivity index (χ0v) is 16.5. The number of hydrogen-bond acceptors (Lipinski definition) is 6. The predicted molar refractivity (Wildman–Crippen MR) is 107 cm³/mol. The number of rotatable bonds is 6. The smallest absolute Gasteiger partial charge is 0.177 e. The van der Waals surface area contributed by atoms with E-state index in [0.717, 1.165) is 37.2 Å². The topological polar surface area (TPSA) is 71.0 Å². The van der Waals surface area contributed by atoms with Crippen LogP contribution in [0.4, 0.5) is 5.69 Å². The van der Waals surface area contributed by atoms with Gasteiger partial charge in [0.05, 0.1) is 23.8 Å². The number of nitrogens with zero attached hydrogens (tertiary/aromatic N) is 2. The number of aliphatic imine (C=N–C) groups is 1. The molecule has 1 unspecified atom stereocenters. The molecule has 7 heteroatoms. The van der Waals surface area contributed by atoms with Crippen molar-refractivity contribution in [3.8, 4) is 0 Å². The van der Waals surface area contributed by atoms with Gasteiger partial charge in [0.25, 0.3) is 0 Å². The monoisotopic (exact) mass is 389 g/mol. The summed E-state index contributed by atoms with van der Waals surface area (Å²) in [6.45, 7) is 2.70. The number of allylic oxidation sites excluding steroid dienone is 1. The van der Waals surface area contributed by atoms with Crippen LogP contribution >= 0.6 is 0 Å². The summed E-state index contributed by atoms with van der Waals surface area (Å²) >= 11 is 0. The normalized spacial score (nSPS) is 23.2. The van der Waals surface area contributed by atoms with Crippen LogP contribution in [0.5, 0.6) is 0 Å². The molecule has 1 saturated heterocycles. The van der Waals surface area contributed by atoms with Crippen molar-refractivity contribution >= 4 is 21.7 Å². The van der Waals surface area contributed by atoms with E-state index >= 15 is 0 Å². The maximum absolute atomic E-state index is 12.4. The first-order valence-corrected chi connectivity index (χ1v) is 11.5. The Hall–Kier alpha value is -1.86. The Balaban J connectivity index is 1.51. The molecule has 1 N–H and O–H groups in total. The third-order valence-electron chi connectivity index (χ3n) is 5.25. The van der Waals surface area contributed by atoms with Crippen LogP contribution in [0.25, 0.3) is 0 Å². The molecule has 2 aliphatic heterocycles. The lowest BCUT2D eigenvalue weighted by Gasteiger charge is -2.30. The van der Waals surface area contributed by atoms with Crippen molar-refractivity contribution < 1.29 is 13.2 Å². The van der Waals surface area contributed by atoms with Gasteiger partial charge in [0.2, 0.25) is 0 Å². The molecule has 0 bridgehead atoms. The number of sulfone groups is 1. The molecule has 0 radical (unpaired) electrons. The van der Waals surface area contributed by atoms with Gasteiger partial charge in [-0.1, -0.05) is 6.07 Å². The van der Waals surface area contributed by atoms with Gasteiger partial charge >= 0.3 is 0 Å². The summed E-state index contributed by atoms with van der Waals surface area (Å²) in [4.78, 5) is 6.91. The van der Waals surface area contributed by atoms with E-state index in [2.05, 4.69) is 21.3 Å². The van der Waals surface area contributed by atoms with Crippen LogP contribution < -0.4 is 10.2 Å². The summed E-state index contributed by atoms with van der Waals surface area (Å²) in [6, 6.07) is 6.48. The van der Waals surface area contributed by atoms with Crippen molar-refractivity contribution in [2.24, 2.45) is 10.9 Å². The van der Waals surface area contributed by atoms with Crippen LogP contribution in [0.1, 0.15) is 24.8 Å². The van der Waals surface area contributed by atoms with Gasteiger partial charge in [-0.05, 0) is 43.4 Å². The van der Waals surface area contributed by atoms with Gasteiger partial charge in [-0.15, -0.1) is 0 Å². The molecule has 1 aromatic carbocycles. The first kappa shape index (κ1) is 18.5. The zero-order chi connectivity index (χ0) is 18.9. The Kier molecular flexibility index (Phi) is 5.23. The van der Waals surface area contributed by atoms with Crippen molar-refractivity contribution in [3.63, 3.8) is 0 Å². The number of hydrogen-bond donors (Lipinski definition) is 1. The van der Waals surface area contributed by atoms with Gasteiger partial charge in [0.1, 0.15) is 0 Å². The molecular weight excluding hydrogens is 362 g/mol. The molecule has 1 atom stereocenters. The molecule has 1 aliphatic carbocycles. The third kappa shape index (κ3) is 4.71. The quantitative estimate of drug-likeness (QED) is 0.807. The molecule has 1 aromatic rings. The molecular formula is C20H27N3O3S. The van der Waals surface area contributed by atoms with E-state index in [9.17, 15) is 8.42 Å². The Labute approximate surface area is 161 Å². The lowest BCUT2D eigenvalue weighted by molar-refractivity contribution is 0.122. The van der Waals surface area contributed by atoms with E-state index in [-0.39, 0.29) is 5.92 Å². The predicted octanol–water partition coefficient (Wildman–Crippen LogP) is 2.15. The second-order valence-electron chi connectivity index (χ2n) is 7.71. The summed E-state index contributed by atoms with van der Waals surface area (Å²) in [7, 11) is -3.30. The fraction of sp³-hybridized carbons (Fsp3) is 0.550. The summed E-state index contributed by atoms with van der Waals surface area (Å²) in [6.07, 6.45) is 9.39. The Bertz CT molecular complexity index is 853. The van der Waals surface area contributed by atoms with Crippen LogP contribution in [-0.2, 0) is 21.0 Å². The molecule has 4 rings (SSSR count). The Morgan fingerprint density at radius 1 is 1.26 bits per heavy atom. The van der Waals surface area contributed by atoms with E-state index in [1.807, 2.05) is 24.5 Å². The number of morpholine rings is 1. The Morgan fingerprint density at radius 3 is 2.74 bits per heavy atom. The lowest BCUT2D eigenvalue weighted by atomic mass is 9.94. The van der Waals surface area contributed by atoms with Crippen molar-refractivity contribution in [3.05, 3.63) is 35.7 Å². The second-order valence-corrected chi connectivity index (χ2v) is 9.70. The van der Waals surface area contributed by atoms with Gasteiger partial charge in [-0.3, -0.25) is 4.99 Å². The van der Waals surface area contributed by atoms with Gasteiger partial charge in [0, 0.05) is 49.4 Å². The van der Waals surface area contributed by atoms with Crippen molar-refractivity contribution in [1.29, 1.82) is 0 Å². The minimum Gasteiger partial charge on any atom is -0.384 e. The number of nitrogens with one attached hydrogen (secondary N) is 1. The van der Waals surface area contributed by atoms with E-state index in [4.69, 9.17) is 4.74 Å². The minimum atomic E-state index is -3.30. The molecule has 0 amide bonds. The molecule has 1 saturated carbocycles. The fourth-order valence-corrected chi connectivity index (χ4v) is 4.65. The summed E-state index contributed by atoms with van der Waals surface area (Å²) < 4.78 is 30.2. The van der Waals surface area contributed by atoms with Crippen LogP contribution in [0.3, 0.4) is 0 Å². The number of ether oxygens (including phenoxy) is 1. The van der Waals surface area contributed by atoms with Crippen LogP contribution in [0, 0.1) is 5.92 Å². The number of anilines is 1. The lowest BCUT2D eigenvalue weighted by Crippen LogP contribution is -2.37. The standard InChI is InChI=1S/C20H27N3O3S/c1-27(24,25)20-12-15(2-5-19(20)23-6-8-26-9-7-23)10-16-11-18(14-21-13-16)22-17-3-4-17/h2,5,12-14,16-17,22H,3-4,6-11H2,1H3. The molecule has 2 heterocycles. The van der Waals surface area contributed by atoms with E-state index in [1.165, 1.54) is 24.8 Å². The average Bonchev–Trinajstić information content (AvgIpc) is 3.46. The molecule has 27 heavy (non-hydrogen) atoms. The SMILES string of the molecule is CS(=O)(=O)c1cc(CC2C=NC=C(NC3CC3)C2)ccc1N1CCOCC1. The Morgan fingerprint density at radius 2 is 2.04 bits per heavy atom. The van der Waals surface area contributed by atoms with Crippen molar-refractivity contribution in [2.45, 2.75) is 36.6 Å². The molecule has 146 valence electrons. The second kappa shape index (κ2) is 7.64. The first-order valence-electron chi connectivity index (χ1n) is 9.63.